The second-order valence-corrected chi connectivity index (χ2v) is 18.3. The van der Waals surface area contributed by atoms with E-state index in [0.29, 0.717) is 65.2 Å². The summed E-state index contributed by atoms with van der Waals surface area (Å²) < 4.78 is 50.8. The van der Waals surface area contributed by atoms with Crippen molar-refractivity contribution in [2.45, 2.75) is 69.6 Å². The number of halogens is 3. The van der Waals surface area contributed by atoms with Crippen LogP contribution < -0.4 is 31.9 Å². The third kappa shape index (κ3) is 14.2. The average molecular weight is 1040 g/mol. The number of benzene rings is 1. The first-order valence-corrected chi connectivity index (χ1v) is 24.8. The van der Waals surface area contributed by atoms with Crippen LogP contribution in [0.3, 0.4) is 0 Å². The Morgan fingerprint density at radius 1 is 0.893 bits per heavy atom. The van der Waals surface area contributed by atoms with Crippen LogP contribution >= 0.6 is 0 Å². The number of pyridine rings is 3. The molecule has 0 unspecified atom stereocenters. The van der Waals surface area contributed by atoms with Crippen LogP contribution in [0, 0.1) is 0 Å². The second-order valence-electron chi connectivity index (χ2n) is 18.3. The van der Waals surface area contributed by atoms with Gasteiger partial charge in [0.15, 0.2) is 0 Å². The van der Waals surface area contributed by atoms with Crippen molar-refractivity contribution in [3.8, 4) is 11.3 Å². The molecule has 2 saturated heterocycles. The summed E-state index contributed by atoms with van der Waals surface area (Å²) in [6, 6.07) is 11.0. The van der Waals surface area contributed by atoms with Crippen molar-refractivity contribution < 1.29 is 51.4 Å². The highest BCUT2D eigenvalue weighted by atomic mass is 19.4. The fourth-order valence-electron chi connectivity index (χ4n) is 8.92. The molecular weight excluding hydrogens is 980 g/mol. The number of fused-ring (bicyclic) bond motifs is 1. The van der Waals surface area contributed by atoms with E-state index < -0.39 is 17.6 Å². The van der Waals surface area contributed by atoms with Gasteiger partial charge in [-0.3, -0.25) is 34.4 Å². The van der Waals surface area contributed by atoms with E-state index in [1.165, 1.54) is 23.2 Å². The zero-order chi connectivity index (χ0) is 52.9. The van der Waals surface area contributed by atoms with Crippen LogP contribution in [0.25, 0.3) is 28.2 Å². The fraction of sp³-hybridized carbons (Fsp3) is 0.412. The van der Waals surface area contributed by atoms with Gasteiger partial charge in [0.1, 0.15) is 23.0 Å². The molecule has 396 valence electrons. The maximum absolute atomic E-state index is 13.5. The molecule has 0 atom stereocenters. The first-order chi connectivity index (χ1) is 36.2. The Labute approximate surface area is 429 Å². The summed E-state index contributed by atoms with van der Waals surface area (Å²) in [5.74, 6) is -1.07. The first kappa shape index (κ1) is 53.3. The molecule has 24 heteroatoms. The van der Waals surface area contributed by atoms with E-state index in [4.69, 9.17) is 15.2 Å². The van der Waals surface area contributed by atoms with Crippen molar-refractivity contribution in [1.82, 2.24) is 50.9 Å². The number of aromatic amines is 1. The van der Waals surface area contributed by atoms with Crippen molar-refractivity contribution in [3.63, 3.8) is 0 Å². The van der Waals surface area contributed by atoms with E-state index >= 15 is 0 Å². The normalized spacial score (nSPS) is 15.5. The van der Waals surface area contributed by atoms with Crippen LogP contribution in [0.2, 0.25) is 0 Å². The number of imide groups is 1. The van der Waals surface area contributed by atoms with Crippen LogP contribution in [-0.2, 0) is 30.0 Å². The zero-order valence-electron chi connectivity index (χ0n) is 41.0. The van der Waals surface area contributed by atoms with Gasteiger partial charge in [-0.05, 0) is 55.7 Å². The molecule has 6 heterocycles. The van der Waals surface area contributed by atoms with Gasteiger partial charge >= 0.3 is 12.2 Å². The topological polar surface area (TPSA) is 272 Å². The quantitative estimate of drug-likeness (QED) is 0.0502. The first-order valence-electron chi connectivity index (χ1n) is 24.8. The van der Waals surface area contributed by atoms with E-state index in [1.54, 1.807) is 41.4 Å². The van der Waals surface area contributed by atoms with Crippen molar-refractivity contribution in [3.05, 3.63) is 95.5 Å². The molecule has 0 bridgehead atoms. The number of carbonyl (C=O) groups excluding carboxylic acids is 6. The summed E-state index contributed by atoms with van der Waals surface area (Å²) in [4.78, 5) is 93.6. The number of alkyl halides is 3. The summed E-state index contributed by atoms with van der Waals surface area (Å²) >= 11 is 0. The number of hydrogen-bond acceptors (Lipinski definition) is 14. The molecule has 1 aliphatic carbocycles. The largest absolute Gasteiger partial charge is 0.416 e. The molecule has 8 rings (SSSR count). The van der Waals surface area contributed by atoms with E-state index in [-0.39, 0.29) is 118 Å². The minimum Gasteiger partial charge on any atom is -0.383 e. The van der Waals surface area contributed by atoms with Crippen molar-refractivity contribution in [2.75, 3.05) is 81.6 Å². The van der Waals surface area contributed by atoms with Crippen molar-refractivity contribution in [2.24, 2.45) is 0 Å². The lowest BCUT2D eigenvalue weighted by Crippen LogP contribution is -2.65. The number of nitrogens with two attached hydrogens (primary N) is 1. The van der Waals surface area contributed by atoms with E-state index in [1.807, 2.05) is 11.0 Å². The Bertz CT molecular complexity index is 2870. The Kier molecular flexibility index (Phi) is 17.6. The smallest absolute Gasteiger partial charge is 0.383 e. The van der Waals surface area contributed by atoms with E-state index in [9.17, 15) is 41.9 Å². The summed E-state index contributed by atoms with van der Waals surface area (Å²) in [5, 5.41) is 18.6. The number of rotatable bonds is 22. The van der Waals surface area contributed by atoms with Gasteiger partial charge in [0, 0.05) is 80.5 Å². The van der Waals surface area contributed by atoms with Gasteiger partial charge in [-0.1, -0.05) is 43.5 Å². The molecule has 7 amide bonds. The third-order valence-electron chi connectivity index (χ3n) is 13.0. The monoisotopic (exact) mass is 1040 g/mol. The number of H-pyrrole nitrogens is 1. The van der Waals surface area contributed by atoms with Gasteiger partial charge in [-0.15, -0.1) is 0 Å². The number of anilines is 3. The van der Waals surface area contributed by atoms with Crippen molar-refractivity contribution in [1.29, 1.82) is 0 Å². The molecular formula is C51H58F3N13O8. The van der Waals surface area contributed by atoms with Gasteiger partial charge in [0.25, 0.3) is 11.8 Å². The molecule has 3 aliphatic rings. The van der Waals surface area contributed by atoms with Crippen LogP contribution in [-0.4, -0.2) is 148 Å². The van der Waals surface area contributed by atoms with Crippen LogP contribution in [0.15, 0.2) is 73.2 Å². The molecule has 2 aliphatic heterocycles. The predicted molar refractivity (Wildman–Crippen MR) is 270 cm³/mol. The number of carbonyl (C=O) groups is 6. The predicted octanol–water partition coefficient (Wildman–Crippen LogP) is 4.93. The molecule has 1 saturated carbocycles. The SMILES string of the molecule is Nc1ncc(/C=C/CCN(CC(=O)NC2CCCCC2)C(=O)CCOCCOCCNC(=O)c2ccc(N3CC(N4CCC(=O)NC4=O)C3)nc2)c2n[nH]c(-c3ccc(C(=O)Nc4cc(C(F)(F)F)ccn4)cc3)c12. The number of ether oxygens (including phenoxy) is 2. The minimum atomic E-state index is -4.59. The third-order valence-corrected chi connectivity index (χ3v) is 13.0. The number of nitrogens with one attached hydrogen (secondary N) is 5. The van der Waals surface area contributed by atoms with Gasteiger partial charge in [-0.2, -0.15) is 18.3 Å². The number of nitrogens with zero attached hydrogens (tertiary/aromatic N) is 7. The number of urea groups is 1. The standard InChI is InChI=1S/C51H58F3N13O8/c52-51(53,54)36-15-18-56-39(26-36)61-49(72)33-11-9-32(10-12-33)45-44-46(64-63-45)34(27-59-47(44)55)6-4-5-20-65(31-42(69)60-37-7-2-1-3-8-37)43(70)17-22-74-24-25-75-23-19-57-48(71)35-13-14-40(58-28-35)66-29-38(30-66)67-21-16-41(68)62-50(67)73/h4,6,9-15,18,26-28,37-38H,1-3,5,7-8,16-17,19-25,29-31H2,(H2,55,59)(H,57,71)(H,60,69)(H,63,64)(H,56,61,72)(H,62,68,73)/b6-4+. The average Bonchev–Trinajstić information content (AvgIpc) is 3.84. The highest BCUT2D eigenvalue weighted by Gasteiger charge is 2.38. The fourth-order valence-corrected chi connectivity index (χ4v) is 8.92. The van der Waals surface area contributed by atoms with E-state index in [0.717, 1.165) is 50.4 Å². The van der Waals surface area contributed by atoms with Gasteiger partial charge < -0.3 is 45.9 Å². The molecule has 0 spiro atoms. The second kappa shape index (κ2) is 24.8. The molecule has 4 aromatic heterocycles. The molecule has 5 aromatic rings. The highest BCUT2D eigenvalue weighted by molar-refractivity contribution is 6.06. The molecule has 0 radical (unpaired) electrons. The molecule has 3 fully saturated rings. The van der Waals surface area contributed by atoms with Gasteiger partial charge in [0.2, 0.25) is 17.7 Å². The van der Waals surface area contributed by atoms with Crippen LogP contribution in [0.4, 0.5) is 35.4 Å². The van der Waals surface area contributed by atoms with E-state index in [2.05, 4.69) is 46.4 Å². The Morgan fingerprint density at radius 3 is 2.39 bits per heavy atom. The molecule has 1 aromatic carbocycles. The van der Waals surface area contributed by atoms with Crippen LogP contribution in [0.5, 0.6) is 0 Å². The summed E-state index contributed by atoms with van der Waals surface area (Å²) in [5.41, 5.74) is 8.24. The number of nitrogen functional groups attached to an aromatic ring is 1. The molecule has 21 nitrogen and oxygen atoms in total. The minimum absolute atomic E-state index is 0.0128. The lowest BCUT2D eigenvalue weighted by molar-refractivity contribution is -0.137. The highest BCUT2D eigenvalue weighted by Crippen LogP contribution is 2.33. The Balaban J connectivity index is 0.770. The lowest BCUT2D eigenvalue weighted by Gasteiger charge is -2.46. The lowest BCUT2D eigenvalue weighted by atomic mass is 9.95. The molecule has 75 heavy (non-hydrogen) atoms. The summed E-state index contributed by atoms with van der Waals surface area (Å²) in [6.45, 7) is 2.71. The number of amides is 7. The van der Waals surface area contributed by atoms with Crippen LogP contribution in [0.1, 0.15) is 83.2 Å². The molecule has 7 N–H and O–H groups in total. The number of aromatic nitrogens is 5. The summed E-state index contributed by atoms with van der Waals surface area (Å²) in [7, 11) is 0. The maximum atomic E-state index is 13.5. The Morgan fingerprint density at radius 2 is 1.65 bits per heavy atom. The van der Waals surface area contributed by atoms with Gasteiger partial charge in [-0.25, -0.2) is 19.7 Å². The van der Waals surface area contributed by atoms with Gasteiger partial charge in [0.05, 0.1) is 67.6 Å². The van der Waals surface area contributed by atoms with Crippen molar-refractivity contribution >= 4 is 70.0 Å². The Hall–Kier alpha value is -7.99. The maximum Gasteiger partial charge on any atom is 0.416 e. The number of hydrogen-bond donors (Lipinski definition) is 6. The zero-order valence-corrected chi connectivity index (χ0v) is 41.0. The summed E-state index contributed by atoms with van der Waals surface area (Å²) in [6.07, 6.45) is 8.83.